The summed E-state index contributed by atoms with van der Waals surface area (Å²) >= 11 is 0. The van der Waals surface area contributed by atoms with Crippen molar-refractivity contribution in [2.75, 3.05) is 26.6 Å². The Morgan fingerprint density at radius 1 is 0.917 bits per heavy atom. The summed E-state index contributed by atoms with van der Waals surface area (Å²) in [6.45, 7) is 8.04. The molecule has 6 nitrogen and oxygen atoms in total. The molecule has 1 heterocycles. The van der Waals surface area contributed by atoms with Crippen LogP contribution in [0, 0.1) is 20.8 Å². The minimum atomic E-state index is -0.291. The Bertz CT molecular complexity index is 1480. The van der Waals surface area contributed by atoms with Gasteiger partial charge in [-0.15, -0.1) is 0 Å². The highest BCUT2D eigenvalue weighted by Crippen LogP contribution is 2.41. The van der Waals surface area contributed by atoms with Crippen molar-refractivity contribution in [2.45, 2.75) is 27.7 Å². The van der Waals surface area contributed by atoms with Crippen LogP contribution in [0.3, 0.4) is 0 Å². The molecule has 0 fully saturated rings. The zero-order chi connectivity index (χ0) is 26.0. The van der Waals surface area contributed by atoms with Gasteiger partial charge in [0.25, 0.3) is 0 Å². The Kier molecular flexibility index (Phi) is 7.06. The summed E-state index contributed by atoms with van der Waals surface area (Å²) in [5.41, 5.74) is 8.24. The predicted octanol–water partition coefficient (Wildman–Crippen LogP) is 7.09. The van der Waals surface area contributed by atoms with Crippen LogP contribution < -0.4 is 19.5 Å². The van der Waals surface area contributed by atoms with E-state index in [0.717, 1.165) is 38.8 Å². The van der Waals surface area contributed by atoms with Gasteiger partial charge in [-0.2, -0.15) is 0 Å². The van der Waals surface area contributed by atoms with Crippen molar-refractivity contribution >= 4 is 28.1 Å². The van der Waals surface area contributed by atoms with Gasteiger partial charge < -0.3 is 23.9 Å². The zero-order valence-corrected chi connectivity index (χ0v) is 21.7. The SMILES string of the molecule is COc1ccc(OC)c(NC(=O)/C=C(\C)c2cc3c(-c4ccc(C)cc4C)coc3c(C)c2OC)c1. The molecule has 0 aliphatic heterocycles. The van der Waals surface area contributed by atoms with Gasteiger partial charge in [-0.05, 0) is 62.6 Å². The third-order valence-corrected chi connectivity index (χ3v) is 6.36. The van der Waals surface area contributed by atoms with E-state index in [1.54, 1.807) is 51.9 Å². The van der Waals surface area contributed by atoms with Gasteiger partial charge in [0.05, 0.1) is 33.3 Å². The first kappa shape index (κ1) is 24.9. The van der Waals surface area contributed by atoms with Crippen molar-refractivity contribution < 1.29 is 23.4 Å². The molecule has 6 heteroatoms. The fraction of sp³-hybridized carbons (Fsp3) is 0.233. The maximum absolute atomic E-state index is 13.0. The van der Waals surface area contributed by atoms with Crippen LogP contribution in [0.5, 0.6) is 17.2 Å². The Balaban J connectivity index is 1.77. The van der Waals surface area contributed by atoms with Gasteiger partial charge in [0.1, 0.15) is 22.8 Å². The maximum atomic E-state index is 13.0. The molecule has 36 heavy (non-hydrogen) atoms. The van der Waals surface area contributed by atoms with E-state index in [1.165, 1.54) is 11.1 Å². The van der Waals surface area contributed by atoms with Crippen LogP contribution in [0.1, 0.15) is 29.2 Å². The Labute approximate surface area is 211 Å². The third kappa shape index (κ3) is 4.67. The van der Waals surface area contributed by atoms with E-state index in [0.29, 0.717) is 22.9 Å². The molecule has 4 rings (SSSR count). The lowest BCUT2D eigenvalue weighted by Gasteiger charge is -2.14. The number of nitrogens with one attached hydrogen (secondary N) is 1. The number of anilines is 1. The van der Waals surface area contributed by atoms with Gasteiger partial charge in [-0.3, -0.25) is 4.79 Å². The third-order valence-electron chi connectivity index (χ3n) is 6.36. The number of benzene rings is 3. The molecule has 0 atom stereocenters. The summed E-state index contributed by atoms with van der Waals surface area (Å²) < 4.78 is 22.4. The average Bonchev–Trinajstić information content (AvgIpc) is 3.27. The van der Waals surface area contributed by atoms with Crippen LogP contribution in [0.15, 0.2) is 59.2 Å². The monoisotopic (exact) mass is 485 g/mol. The number of hydrogen-bond donors (Lipinski definition) is 1. The first-order chi connectivity index (χ1) is 17.3. The second-order valence-electron chi connectivity index (χ2n) is 8.81. The number of methoxy groups -OCH3 is 3. The number of ether oxygens (including phenoxy) is 3. The lowest BCUT2D eigenvalue weighted by atomic mass is 9.94. The summed E-state index contributed by atoms with van der Waals surface area (Å²) in [4.78, 5) is 13.0. The molecule has 0 aliphatic rings. The van der Waals surface area contributed by atoms with Crippen LogP contribution >= 0.6 is 0 Å². The van der Waals surface area contributed by atoms with Crippen molar-refractivity contribution in [1.82, 2.24) is 0 Å². The largest absolute Gasteiger partial charge is 0.497 e. The number of furan rings is 1. The highest BCUT2D eigenvalue weighted by Gasteiger charge is 2.20. The van der Waals surface area contributed by atoms with Gasteiger partial charge in [-0.25, -0.2) is 0 Å². The molecular formula is C30H31NO5. The second-order valence-corrected chi connectivity index (χ2v) is 8.81. The van der Waals surface area contributed by atoms with Gasteiger partial charge in [0, 0.05) is 34.2 Å². The maximum Gasteiger partial charge on any atom is 0.248 e. The summed E-state index contributed by atoms with van der Waals surface area (Å²) in [6, 6.07) is 13.7. The molecule has 1 aromatic heterocycles. The number of hydrogen-bond acceptors (Lipinski definition) is 5. The summed E-state index contributed by atoms with van der Waals surface area (Å²) in [6.07, 6.45) is 3.35. The highest BCUT2D eigenvalue weighted by atomic mass is 16.5. The van der Waals surface area contributed by atoms with Crippen LogP contribution in [0.2, 0.25) is 0 Å². The smallest absolute Gasteiger partial charge is 0.248 e. The Morgan fingerprint density at radius 3 is 2.36 bits per heavy atom. The van der Waals surface area contributed by atoms with Gasteiger partial charge in [-0.1, -0.05) is 23.8 Å². The molecule has 0 spiro atoms. The normalized spacial score (nSPS) is 11.5. The molecule has 0 bridgehead atoms. The highest BCUT2D eigenvalue weighted by molar-refractivity contribution is 6.06. The van der Waals surface area contributed by atoms with Crippen molar-refractivity contribution in [3.63, 3.8) is 0 Å². The predicted molar refractivity (Wildman–Crippen MR) is 144 cm³/mol. The van der Waals surface area contributed by atoms with Crippen LogP contribution in [0.25, 0.3) is 27.7 Å². The quantitative estimate of drug-likeness (QED) is 0.283. The molecular weight excluding hydrogens is 454 g/mol. The van der Waals surface area contributed by atoms with Gasteiger partial charge in [0.15, 0.2) is 0 Å². The van der Waals surface area contributed by atoms with E-state index in [2.05, 4.69) is 37.4 Å². The van der Waals surface area contributed by atoms with Crippen molar-refractivity contribution in [3.8, 4) is 28.4 Å². The number of carbonyl (C=O) groups excluding carboxylic acids is 1. The number of fused-ring (bicyclic) bond motifs is 1. The average molecular weight is 486 g/mol. The van der Waals surface area contributed by atoms with Crippen molar-refractivity contribution in [1.29, 1.82) is 0 Å². The minimum absolute atomic E-state index is 0.291. The number of carbonyl (C=O) groups is 1. The molecule has 0 radical (unpaired) electrons. The molecule has 1 amide bonds. The molecule has 1 N–H and O–H groups in total. The fourth-order valence-corrected chi connectivity index (χ4v) is 4.55. The molecule has 0 aliphatic carbocycles. The Morgan fingerprint density at radius 2 is 1.69 bits per heavy atom. The van der Waals surface area contributed by atoms with Gasteiger partial charge in [0.2, 0.25) is 5.91 Å². The molecule has 0 saturated heterocycles. The van der Waals surface area contributed by atoms with E-state index in [9.17, 15) is 4.79 Å². The minimum Gasteiger partial charge on any atom is -0.497 e. The van der Waals surface area contributed by atoms with Crippen molar-refractivity contribution in [2.24, 2.45) is 0 Å². The fourth-order valence-electron chi connectivity index (χ4n) is 4.55. The van der Waals surface area contributed by atoms with E-state index in [-0.39, 0.29) is 5.91 Å². The topological polar surface area (TPSA) is 69.9 Å². The van der Waals surface area contributed by atoms with E-state index in [4.69, 9.17) is 18.6 Å². The van der Waals surface area contributed by atoms with Crippen LogP contribution in [0.4, 0.5) is 5.69 Å². The molecule has 186 valence electrons. The van der Waals surface area contributed by atoms with Crippen molar-refractivity contribution in [3.05, 3.63) is 77.1 Å². The van der Waals surface area contributed by atoms with E-state index < -0.39 is 0 Å². The van der Waals surface area contributed by atoms with E-state index in [1.807, 2.05) is 19.9 Å². The molecule has 0 unspecified atom stereocenters. The van der Waals surface area contributed by atoms with Crippen LogP contribution in [-0.2, 0) is 4.79 Å². The summed E-state index contributed by atoms with van der Waals surface area (Å²) in [5.74, 6) is 1.54. The summed E-state index contributed by atoms with van der Waals surface area (Å²) in [5, 5.41) is 3.86. The van der Waals surface area contributed by atoms with E-state index >= 15 is 0 Å². The number of aryl methyl sites for hydroxylation is 3. The Hall–Kier alpha value is -4.19. The summed E-state index contributed by atoms with van der Waals surface area (Å²) in [7, 11) is 4.75. The standard InChI is InChI=1S/C30H31NO5/c1-17-8-10-22(18(2)12-17)25-16-36-30-20(4)29(35-7)23(15-24(25)30)19(3)13-28(32)31-26-14-21(33-5)9-11-27(26)34-6/h8-16H,1-7H3,(H,31,32)/b19-13+. The van der Waals surface area contributed by atoms with Crippen LogP contribution in [-0.4, -0.2) is 27.2 Å². The molecule has 3 aromatic carbocycles. The number of amides is 1. The zero-order valence-electron chi connectivity index (χ0n) is 21.7. The number of rotatable bonds is 7. The molecule has 4 aromatic rings. The molecule has 0 saturated carbocycles. The lowest BCUT2D eigenvalue weighted by molar-refractivity contribution is -0.111. The first-order valence-corrected chi connectivity index (χ1v) is 11.7. The van der Waals surface area contributed by atoms with Gasteiger partial charge >= 0.3 is 0 Å². The lowest BCUT2D eigenvalue weighted by Crippen LogP contribution is -2.10. The second kappa shape index (κ2) is 10.2. The number of allylic oxidation sites excluding steroid dienone is 1. The first-order valence-electron chi connectivity index (χ1n) is 11.7.